The van der Waals surface area contributed by atoms with Crippen LogP contribution in [0.1, 0.15) is 0 Å². The Balaban J connectivity index is 1.32. The van der Waals surface area contributed by atoms with E-state index in [4.69, 9.17) is 0 Å². The highest BCUT2D eigenvalue weighted by Crippen LogP contribution is 2.37. The average Bonchev–Trinajstić information content (AvgIpc) is 3.53. The number of pyridine rings is 1. The maximum absolute atomic E-state index is 4.59. The van der Waals surface area contributed by atoms with Crippen LogP contribution in [-0.2, 0) is 0 Å². The summed E-state index contributed by atoms with van der Waals surface area (Å²) in [5.41, 5.74) is 10.4. The highest BCUT2D eigenvalue weighted by molar-refractivity contribution is 6.13. The molecular formula is C35H23N3. The van der Waals surface area contributed by atoms with Crippen molar-refractivity contribution < 1.29 is 0 Å². The summed E-state index contributed by atoms with van der Waals surface area (Å²) < 4.78 is 2.36. The number of para-hydroxylation sites is 3. The number of nitrogens with one attached hydrogen (secondary N) is 1. The molecule has 5 aromatic carbocycles. The van der Waals surface area contributed by atoms with E-state index in [0.717, 1.165) is 22.3 Å². The van der Waals surface area contributed by atoms with Crippen molar-refractivity contribution in [2.45, 2.75) is 0 Å². The van der Waals surface area contributed by atoms with E-state index < -0.39 is 0 Å². The zero-order valence-electron chi connectivity index (χ0n) is 20.6. The molecule has 0 aliphatic carbocycles. The number of nitrogens with zero attached hydrogens (tertiary/aromatic N) is 2. The minimum Gasteiger partial charge on any atom is -0.354 e. The van der Waals surface area contributed by atoms with Gasteiger partial charge in [-0.05, 0) is 65.7 Å². The van der Waals surface area contributed by atoms with Gasteiger partial charge in [0.05, 0.1) is 22.2 Å². The molecule has 3 heteroatoms. The van der Waals surface area contributed by atoms with Crippen LogP contribution in [0.15, 0.2) is 134 Å². The summed E-state index contributed by atoms with van der Waals surface area (Å²) in [6.07, 6.45) is 1.85. The monoisotopic (exact) mass is 485 g/mol. The van der Waals surface area contributed by atoms with Gasteiger partial charge in [0.25, 0.3) is 0 Å². The number of hydrogen-bond acceptors (Lipinski definition) is 1. The second-order valence-electron chi connectivity index (χ2n) is 9.75. The lowest BCUT2D eigenvalue weighted by Gasteiger charge is -2.08. The lowest BCUT2D eigenvalue weighted by molar-refractivity contribution is 1.18. The Morgan fingerprint density at radius 2 is 1.26 bits per heavy atom. The lowest BCUT2D eigenvalue weighted by atomic mass is 10.00. The van der Waals surface area contributed by atoms with E-state index in [1.165, 1.54) is 49.4 Å². The third-order valence-electron chi connectivity index (χ3n) is 7.60. The number of fused-ring (bicyclic) bond motifs is 6. The average molecular weight is 486 g/mol. The zero-order chi connectivity index (χ0) is 25.1. The molecule has 0 bridgehead atoms. The second-order valence-corrected chi connectivity index (χ2v) is 9.75. The Hall–Kier alpha value is -5.15. The van der Waals surface area contributed by atoms with Gasteiger partial charge in [0.2, 0.25) is 0 Å². The Kier molecular flexibility index (Phi) is 4.52. The molecule has 8 aromatic rings. The minimum absolute atomic E-state index is 0.977. The van der Waals surface area contributed by atoms with Crippen molar-refractivity contribution in [2.24, 2.45) is 0 Å². The van der Waals surface area contributed by atoms with Gasteiger partial charge >= 0.3 is 0 Å². The topological polar surface area (TPSA) is 33.6 Å². The Labute approximate surface area is 219 Å². The van der Waals surface area contributed by atoms with E-state index in [1.54, 1.807) is 0 Å². The van der Waals surface area contributed by atoms with Crippen LogP contribution in [0.4, 0.5) is 0 Å². The zero-order valence-corrected chi connectivity index (χ0v) is 20.6. The summed E-state index contributed by atoms with van der Waals surface area (Å²) >= 11 is 0. The maximum atomic E-state index is 4.59. The predicted octanol–water partition coefficient (Wildman–Crippen LogP) is 9.15. The first-order valence-electron chi connectivity index (χ1n) is 12.9. The molecule has 0 aliphatic rings. The minimum atomic E-state index is 0.977. The van der Waals surface area contributed by atoms with Gasteiger partial charge in [-0.15, -0.1) is 0 Å². The molecule has 0 unspecified atom stereocenters. The van der Waals surface area contributed by atoms with E-state index in [0.29, 0.717) is 0 Å². The van der Waals surface area contributed by atoms with Crippen LogP contribution in [0.5, 0.6) is 0 Å². The van der Waals surface area contributed by atoms with E-state index in [-0.39, 0.29) is 0 Å². The molecule has 3 heterocycles. The third-order valence-corrected chi connectivity index (χ3v) is 7.60. The molecule has 0 saturated heterocycles. The van der Waals surface area contributed by atoms with Gasteiger partial charge < -0.3 is 9.55 Å². The fourth-order valence-corrected chi connectivity index (χ4v) is 5.84. The SMILES string of the molecule is c1ccc(-n2c3ccccc3c3cc(-c4ccc5[nH]c6c(-c7ccccn7)cccc6c5c4)ccc32)cc1. The predicted molar refractivity (Wildman–Crippen MR) is 159 cm³/mol. The molecule has 0 amide bonds. The first-order chi connectivity index (χ1) is 18.8. The highest BCUT2D eigenvalue weighted by atomic mass is 15.0. The summed E-state index contributed by atoms with van der Waals surface area (Å²) in [6, 6.07) is 45.4. The summed E-state index contributed by atoms with van der Waals surface area (Å²) in [5, 5.41) is 4.97. The van der Waals surface area contributed by atoms with Crippen molar-refractivity contribution in [3.8, 4) is 28.1 Å². The molecule has 0 saturated carbocycles. The molecule has 8 rings (SSSR count). The Morgan fingerprint density at radius 1 is 0.526 bits per heavy atom. The van der Waals surface area contributed by atoms with Crippen LogP contribution < -0.4 is 0 Å². The van der Waals surface area contributed by atoms with Gasteiger partial charge in [0.15, 0.2) is 0 Å². The van der Waals surface area contributed by atoms with Crippen LogP contribution in [-0.4, -0.2) is 14.5 Å². The van der Waals surface area contributed by atoms with Crippen molar-refractivity contribution in [2.75, 3.05) is 0 Å². The fourth-order valence-electron chi connectivity index (χ4n) is 5.84. The normalized spacial score (nSPS) is 11.7. The maximum Gasteiger partial charge on any atom is 0.0723 e. The first kappa shape index (κ1) is 21.0. The smallest absolute Gasteiger partial charge is 0.0723 e. The molecule has 1 N–H and O–H groups in total. The van der Waals surface area contributed by atoms with Gasteiger partial charge in [0.1, 0.15) is 0 Å². The summed E-state index contributed by atoms with van der Waals surface area (Å²) in [5.74, 6) is 0. The number of hydrogen-bond donors (Lipinski definition) is 1. The Bertz CT molecular complexity index is 2120. The second kappa shape index (κ2) is 8.19. The van der Waals surface area contributed by atoms with Crippen LogP contribution >= 0.6 is 0 Å². The molecule has 178 valence electrons. The van der Waals surface area contributed by atoms with Crippen molar-refractivity contribution in [3.05, 3.63) is 134 Å². The quantitative estimate of drug-likeness (QED) is 0.266. The van der Waals surface area contributed by atoms with Gasteiger partial charge in [-0.1, -0.05) is 72.8 Å². The van der Waals surface area contributed by atoms with Gasteiger partial charge in [0, 0.05) is 44.5 Å². The molecule has 0 atom stereocenters. The molecule has 0 fully saturated rings. The number of rotatable bonds is 3. The molecular weight excluding hydrogens is 462 g/mol. The standard InChI is InChI=1S/C35H23N3/c1-2-9-25(10-3-1)38-33-15-5-4-11-26(33)30-22-24(17-19-34(30)38)23-16-18-32-29(21-23)27-12-8-13-28(35(27)37-32)31-14-6-7-20-36-31/h1-22,37H. The molecule has 0 spiro atoms. The van der Waals surface area contributed by atoms with E-state index in [9.17, 15) is 0 Å². The van der Waals surface area contributed by atoms with Crippen LogP contribution in [0.25, 0.3) is 71.7 Å². The first-order valence-corrected chi connectivity index (χ1v) is 12.9. The van der Waals surface area contributed by atoms with Gasteiger partial charge in [-0.3, -0.25) is 4.98 Å². The van der Waals surface area contributed by atoms with E-state index in [1.807, 2.05) is 18.3 Å². The van der Waals surface area contributed by atoms with Gasteiger partial charge in [-0.25, -0.2) is 0 Å². The number of aromatic nitrogens is 3. The van der Waals surface area contributed by atoms with Crippen molar-refractivity contribution in [3.63, 3.8) is 0 Å². The number of H-pyrrole nitrogens is 1. The van der Waals surface area contributed by atoms with E-state index in [2.05, 4.69) is 130 Å². The Morgan fingerprint density at radius 3 is 2.13 bits per heavy atom. The highest BCUT2D eigenvalue weighted by Gasteiger charge is 2.14. The molecule has 0 aliphatic heterocycles. The molecule has 0 radical (unpaired) electrons. The van der Waals surface area contributed by atoms with Crippen LogP contribution in [0, 0.1) is 0 Å². The number of benzene rings is 5. The van der Waals surface area contributed by atoms with E-state index >= 15 is 0 Å². The van der Waals surface area contributed by atoms with Crippen LogP contribution in [0.2, 0.25) is 0 Å². The van der Waals surface area contributed by atoms with Gasteiger partial charge in [-0.2, -0.15) is 0 Å². The summed E-state index contributed by atoms with van der Waals surface area (Å²) in [4.78, 5) is 8.25. The summed E-state index contributed by atoms with van der Waals surface area (Å²) in [7, 11) is 0. The third kappa shape index (κ3) is 3.12. The van der Waals surface area contributed by atoms with Crippen molar-refractivity contribution >= 4 is 43.6 Å². The van der Waals surface area contributed by atoms with Crippen LogP contribution in [0.3, 0.4) is 0 Å². The molecule has 3 nitrogen and oxygen atoms in total. The lowest BCUT2D eigenvalue weighted by Crippen LogP contribution is -1.92. The number of aromatic amines is 1. The molecule has 3 aromatic heterocycles. The van der Waals surface area contributed by atoms with Crippen molar-refractivity contribution in [1.82, 2.24) is 14.5 Å². The fraction of sp³-hybridized carbons (Fsp3) is 0. The summed E-state index contributed by atoms with van der Waals surface area (Å²) in [6.45, 7) is 0. The van der Waals surface area contributed by atoms with Crippen molar-refractivity contribution in [1.29, 1.82) is 0 Å². The largest absolute Gasteiger partial charge is 0.354 e. The molecule has 38 heavy (non-hydrogen) atoms.